The molecule has 2 rings (SSSR count). The van der Waals surface area contributed by atoms with Gasteiger partial charge in [-0.05, 0) is 24.1 Å². The molecule has 0 radical (unpaired) electrons. The standard InChI is InChI=1S/C15H19NO5/c1-20-12-4-2-3-11(9-12)5-6-14(17)16-7-8-21-13(10-16)15(18)19/h2-4,9,13H,5-8,10H2,1H3,(H,18,19). The van der Waals surface area contributed by atoms with E-state index in [2.05, 4.69) is 0 Å². The first-order chi connectivity index (χ1) is 10.1. The summed E-state index contributed by atoms with van der Waals surface area (Å²) in [5, 5.41) is 8.93. The normalized spacial score (nSPS) is 18.3. The maximum absolute atomic E-state index is 12.1. The van der Waals surface area contributed by atoms with Gasteiger partial charge >= 0.3 is 5.97 Å². The fourth-order valence-corrected chi connectivity index (χ4v) is 2.26. The van der Waals surface area contributed by atoms with Gasteiger partial charge in [-0.1, -0.05) is 12.1 Å². The van der Waals surface area contributed by atoms with Crippen molar-refractivity contribution < 1.29 is 24.2 Å². The second kappa shape index (κ2) is 7.08. The first kappa shape index (κ1) is 15.3. The van der Waals surface area contributed by atoms with E-state index in [9.17, 15) is 9.59 Å². The first-order valence-corrected chi connectivity index (χ1v) is 6.85. The molecule has 6 nitrogen and oxygen atoms in total. The van der Waals surface area contributed by atoms with Crippen molar-refractivity contribution in [3.8, 4) is 5.75 Å². The number of carbonyl (C=O) groups excluding carboxylic acids is 1. The van der Waals surface area contributed by atoms with Crippen LogP contribution in [0.25, 0.3) is 0 Å². The molecule has 1 aliphatic heterocycles. The zero-order chi connectivity index (χ0) is 15.2. The Morgan fingerprint density at radius 1 is 1.48 bits per heavy atom. The molecule has 0 aromatic heterocycles. The van der Waals surface area contributed by atoms with Crippen LogP contribution in [0.4, 0.5) is 0 Å². The van der Waals surface area contributed by atoms with E-state index in [0.29, 0.717) is 19.4 Å². The third-order valence-corrected chi connectivity index (χ3v) is 3.46. The molecule has 0 aliphatic carbocycles. The van der Waals surface area contributed by atoms with Crippen LogP contribution in [-0.4, -0.2) is 54.8 Å². The predicted octanol–water partition coefficient (Wildman–Crippen LogP) is 0.940. The molecule has 21 heavy (non-hydrogen) atoms. The van der Waals surface area contributed by atoms with Crippen LogP contribution in [0.3, 0.4) is 0 Å². The molecule has 1 N–H and O–H groups in total. The maximum atomic E-state index is 12.1. The number of methoxy groups -OCH3 is 1. The Bertz CT molecular complexity index is 517. The average molecular weight is 293 g/mol. The minimum absolute atomic E-state index is 0.0487. The molecule has 0 spiro atoms. The van der Waals surface area contributed by atoms with E-state index in [-0.39, 0.29) is 19.1 Å². The molecule has 0 saturated carbocycles. The van der Waals surface area contributed by atoms with Crippen LogP contribution in [0.15, 0.2) is 24.3 Å². The molecule has 6 heteroatoms. The molecular formula is C15H19NO5. The number of hydrogen-bond donors (Lipinski definition) is 1. The Morgan fingerprint density at radius 3 is 3.00 bits per heavy atom. The largest absolute Gasteiger partial charge is 0.497 e. The highest BCUT2D eigenvalue weighted by atomic mass is 16.5. The minimum Gasteiger partial charge on any atom is -0.497 e. The molecular weight excluding hydrogens is 274 g/mol. The number of aryl methyl sites for hydroxylation is 1. The zero-order valence-corrected chi connectivity index (χ0v) is 11.9. The second-order valence-electron chi connectivity index (χ2n) is 4.89. The molecule has 0 bridgehead atoms. The average Bonchev–Trinajstić information content (AvgIpc) is 2.53. The summed E-state index contributed by atoms with van der Waals surface area (Å²) in [6.07, 6.45) is 0.0319. The summed E-state index contributed by atoms with van der Waals surface area (Å²) in [5.74, 6) is -0.315. The Balaban J connectivity index is 1.87. The van der Waals surface area contributed by atoms with E-state index >= 15 is 0 Å². The van der Waals surface area contributed by atoms with Crippen molar-refractivity contribution in [1.29, 1.82) is 0 Å². The number of hydrogen-bond acceptors (Lipinski definition) is 4. The van der Waals surface area contributed by atoms with Crippen LogP contribution in [0, 0.1) is 0 Å². The minimum atomic E-state index is -1.03. The van der Waals surface area contributed by atoms with Gasteiger partial charge in [0, 0.05) is 13.0 Å². The Hall–Kier alpha value is -2.08. The van der Waals surface area contributed by atoms with Crippen molar-refractivity contribution in [2.45, 2.75) is 18.9 Å². The van der Waals surface area contributed by atoms with Crippen molar-refractivity contribution in [1.82, 2.24) is 4.90 Å². The lowest BCUT2D eigenvalue weighted by atomic mass is 10.1. The van der Waals surface area contributed by atoms with E-state index in [1.54, 1.807) is 12.0 Å². The maximum Gasteiger partial charge on any atom is 0.334 e. The molecule has 1 saturated heterocycles. The van der Waals surface area contributed by atoms with Gasteiger partial charge in [0.2, 0.25) is 5.91 Å². The number of amides is 1. The molecule has 1 aromatic rings. The molecule has 1 fully saturated rings. The number of carboxylic acids is 1. The SMILES string of the molecule is COc1cccc(CCC(=O)N2CCOC(C(=O)O)C2)c1. The third kappa shape index (κ3) is 4.19. The van der Waals surface area contributed by atoms with Crippen LogP contribution in [0.2, 0.25) is 0 Å². The third-order valence-electron chi connectivity index (χ3n) is 3.46. The first-order valence-electron chi connectivity index (χ1n) is 6.85. The number of carboxylic acid groups (broad SMARTS) is 1. The van der Waals surface area contributed by atoms with Crippen molar-refractivity contribution >= 4 is 11.9 Å². The lowest BCUT2D eigenvalue weighted by Gasteiger charge is -2.31. The summed E-state index contributed by atoms with van der Waals surface area (Å²) in [4.78, 5) is 24.6. The van der Waals surface area contributed by atoms with E-state index in [1.165, 1.54) is 0 Å². The Morgan fingerprint density at radius 2 is 2.29 bits per heavy atom. The second-order valence-corrected chi connectivity index (χ2v) is 4.89. The van der Waals surface area contributed by atoms with Crippen molar-refractivity contribution in [2.75, 3.05) is 26.8 Å². The van der Waals surface area contributed by atoms with Gasteiger partial charge < -0.3 is 19.5 Å². The Kier molecular flexibility index (Phi) is 5.16. The fraction of sp³-hybridized carbons (Fsp3) is 0.467. The highest BCUT2D eigenvalue weighted by molar-refractivity contribution is 5.78. The Labute approximate surface area is 123 Å². The van der Waals surface area contributed by atoms with Crippen LogP contribution < -0.4 is 4.74 Å². The summed E-state index contributed by atoms with van der Waals surface area (Å²) in [7, 11) is 1.60. The van der Waals surface area contributed by atoms with Crippen molar-refractivity contribution in [3.05, 3.63) is 29.8 Å². The number of aliphatic carboxylic acids is 1. The predicted molar refractivity (Wildman–Crippen MR) is 75.3 cm³/mol. The van der Waals surface area contributed by atoms with Gasteiger partial charge in [-0.15, -0.1) is 0 Å². The molecule has 1 atom stereocenters. The van der Waals surface area contributed by atoms with E-state index < -0.39 is 12.1 Å². The zero-order valence-electron chi connectivity index (χ0n) is 11.9. The summed E-state index contributed by atoms with van der Waals surface area (Å²) in [6.45, 7) is 0.828. The monoisotopic (exact) mass is 293 g/mol. The lowest BCUT2D eigenvalue weighted by molar-refractivity contribution is -0.159. The van der Waals surface area contributed by atoms with E-state index in [1.807, 2.05) is 24.3 Å². The van der Waals surface area contributed by atoms with Crippen LogP contribution in [-0.2, 0) is 20.7 Å². The van der Waals surface area contributed by atoms with Crippen LogP contribution >= 0.6 is 0 Å². The number of rotatable bonds is 5. The molecule has 1 unspecified atom stereocenters. The number of ether oxygens (including phenoxy) is 2. The smallest absolute Gasteiger partial charge is 0.334 e. The number of benzene rings is 1. The van der Waals surface area contributed by atoms with Gasteiger partial charge in [-0.3, -0.25) is 4.79 Å². The van der Waals surface area contributed by atoms with E-state index in [0.717, 1.165) is 11.3 Å². The van der Waals surface area contributed by atoms with Crippen molar-refractivity contribution in [2.24, 2.45) is 0 Å². The van der Waals surface area contributed by atoms with Gasteiger partial charge in [0.05, 0.1) is 20.3 Å². The lowest BCUT2D eigenvalue weighted by Crippen LogP contribution is -2.48. The molecule has 1 aromatic carbocycles. The fourth-order valence-electron chi connectivity index (χ4n) is 2.26. The summed E-state index contributed by atoms with van der Waals surface area (Å²) in [6, 6.07) is 7.57. The van der Waals surface area contributed by atoms with Gasteiger partial charge in [-0.25, -0.2) is 4.79 Å². The number of nitrogens with zero attached hydrogens (tertiary/aromatic N) is 1. The molecule has 114 valence electrons. The van der Waals surface area contributed by atoms with Gasteiger partial charge in [-0.2, -0.15) is 0 Å². The van der Waals surface area contributed by atoms with Gasteiger partial charge in [0.1, 0.15) is 5.75 Å². The number of morpholine rings is 1. The van der Waals surface area contributed by atoms with Gasteiger partial charge in [0.25, 0.3) is 0 Å². The van der Waals surface area contributed by atoms with Crippen LogP contribution in [0.5, 0.6) is 5.75 Å². The summed E-state index contributed by atoms with van der Waals surface area (Å²) < 4.78 is 10.2. The topological polar surface area (TPSA) is 76.1 Å². The molecule has 1 amide bonds. The quantitative estimate of drug-likeness (QED) is 0.874. The summed E-state index contributed by atoms with van der Waals surface area (Å²) >= 11 is 0. The highest BCUT2D eigenvalue weighted by Crippen LogP contribution is 2.15. The van der Waals surface area contributed by atoms with Gasteiger partial charge in [0.15, 0.2) is 6.10 Å². The van der Waals surface area contributed by atoms with Crippen LogP contribution in [0.1, 0.15) is 12.0 Å². The highest BCUT2D eigenvalue weighted by Gasteiger charge is 2.28. The van der Waals surface area contributed by atoms with E-state index in [4.69, 9.17) is 14.6 Å². The van der Waals surface area contributed by atoms with Crippen molar-refractivity contribution in [3.63, 3.8) is 0 Å². The molecule has 1 heterocycles. The molecule has 1 aliphatic rings. The summed E-state index contributed by atoms with van der Waals surface area (Å²) in [5.41, 5.74) is 1.02. The number of carbonyl (C=O) groups is 2.